The van der Waals surface area contributed by atoms with Gasteiger partial charge in [0.05, 0.1) is 4.90 Å². The van der Waals surface area contributed by atoms with Crippen LogP contribution in [0.1, 0.15) is 43.2 Å². The maximum Gasteiger partial charge on any atom is 0.322 e. The molecule has 0 aromatic heterocycles. The lowest BCUT2D eigenvalue weighted by atomic mass is 10.0. The highest BCUT2D eigenvalue weighted by Crippen LogP contribution is 2.24. The number of aryl methyl sites for hydroxylation is 2. The van der Waals surface area contributed by atoms with E-state index in [2.05, 4.69) is 0 Å². The summed E-state index contributed by atoms with van der Waals surface area (Å²) in [5, 5.41) is 8.77. The molecule has 2 rings (SSSR count). The Bertz CT molecular complexity index is 860. The molecule has 0 saturated heterocycles. The van der Waals surface area contributed by atoms with Crippen LogP contribution in [0, 0.1) is 6.92 Å². The van der Waals surface area contributed by atoms with Gasteiger partial charge in [-0.15, -0.1) is 0 Å². The quantitative estimate of drug-likeness (QED) is 0.557. The summed E-state index contributed by atoms with van der Waals surface area (Å²) in [4.78, 5) is 11.7. The van der Waals surface area contributed by atoms with Gasteiger partial charge in [0.15, 0.2) is 15.1 Å². The number of aliphatic carboxylic acids is 1. The predicted octanol–water partition coefficient (Wildman–Crippen LogP) is 5.07. The highest BCUT2D eigenvalue weighted by molar-refractivity contribution is 7.92. The summed E-state index contributed by atoms with van der Waals surface area (Å²) in [7, 11) is -3.88. The van der Waals surface area contributed by atoms with Crippen molar-refractivity contribution in [3.8, 4) is 0 Å². The van der Waals surface area contributed by atoms with Crippen LogP contribution < -0.4 is 0 Å². The van der Waals surface area contributed by atoms with Crippen LogP contribution in [0.5, 0.6) is 0 Å². The van der Waals surface area contributed by atoms with E-state index < -0.39 is 21.1 Å². The van der Waals surface area contributed by atoms with Gasteiger partial charge in [0.1, 0.15) is 0 Å². The molecule has 27 heavy (non-hydrogen) atoms. The zero-order valence-corrected chi connectivity index (χ0v) is 17.0. The summed E-state index contributed by atoms with van der Waals surface area (Å²) in [6.07, 6.45) is 4.35. The van der Waals surface area contributed by atoms with E-state index >= 15 is 0 Å². The van der Waals surface area contributed by atoms with Gasteiger partial charge in [0.2, 0.25) is 0 Å². The molecule has 0 amide bonds. The first kappa shape index (κ1) is 21.5. The maximum atomic E-state index is 12.7. The van der Waals surface area contributed by atoms with Crippen LogP contribution in [0.3, 0.4) is 0 Å². The summed E-state index contributed by atoms with van der Waals surface area (Å²) in [6.45, 7) is 1.68. The van der Waals surface area contributed by atoms with Gasteiger partial charge in [-0.05, 0) is 55.5 Å². The van der Waals surface area contributed by atoms with Crippen molar-refractivity contribution in [3.05, 3.63) is 64.7 Å². The Kier molecular flexibility index (Phi) is 7.87. The molecule has 1 N–H and O–H groups in total. The fourth-order valence-corrected chi connectivity index (χ4v) is 5.06. The second-order valence-electron chi connectivity index (χ2n) is 6.72. The van der Waals surface area contributed by atoms with Gasteiger partial charge in [-0.3, -0.25) is 4.79 Å². The number of unbranched alkanes of at least 4 members (excludes halogenated alkanes) is 3. The Morgan fingerprint density at radius 1 is 1.00 bits per heavy atom. The molecule has 2 aromatic carbocycles. The molecule has 1 unspecified atom stereocenters. The van der Waals surface area contributed by atoms with Crippen molar-refractivity contribution < 1.29 is 18.3 Å². The van der Waals surface area contributed by atoms with Gasteiger partial charge in [-0.1, -0.05) is 61.2 Å². The summed E-state index contributed by atoms with van der Waals surface area (Å²) >= 11 is 5.86. The third kappa shape index (κ3) is 6.08. The van der Waals surface area contributed by atoms with Crippen molar-refractivity contribution in [2.45, 2.75) is 55.6 Å². The van der Waals surface area contributed by atoms with E-state index in [1.807, 2.05) is 24.3 Å². The molecule has 0 spiro atoms. The number of benzene rings is 2. The van der Waals surface area contributed by atoms with E-state index in [9.17, 15) is 18.3 Å². The molecule has 0 aliphatic carbocycles. The second-order valence-corrected chi connectivity index (χ2v) is 9.25. The van der Waals surface area contributed by atoms with E-state index in [1.54, 1.807) is 25.1 Å². The third-order valence-electron chi connectivity index (χ3n) is 4.65. The van der Waals surface area contributed by atoms with Crippen LogP contribution in [0.25, 0.3) is 0 Å². The van der Waals surface area contributed by atoms with Gasteiger partial charge in [-0.2, -0.15) is 0 Å². The summed E-state index contributed by atoms with van der Waals surface area (Å²) < 4.78 is 25.5. The number of sulfone groups is 1. The fourth-order valence-electron chi connectivity index (χ4n) is 3.10. The van der Waals surface area contributed by atoms with Crippen molar-refractivity contribution >= 4 is 27.4 Å². The number of hydrogen-bond donors (Lipinski definition) is 1. The first-order valence-corrected chi connectivity index (χ1v) is 11.0. The molecular formula is C21H25ClO4S. The number of carboxylic acids is 1. The lowest BCUT2D eigenvalue weighted by molar-refractivity contribution is -0.136. The molecule has 0 radical (unpaired) electrons. The summed E-state index contributed by atoms with van der Waals surface area (Å²) in [6, 6.07) is 14.3. The van der Waals surface area contributed by atoms with Crippen molar-refractivity contribution in [3.63, 3.8) is 0 Å². The predicted molar refractivity (Wildman–Crippen MR) is 108 cm³/mol. The van der Waals surface area contributed by atoms with Crippen LogP contribution in [0.15, 0.2) is 53.4 Å². The average Bonchev–Trinajstić information content (AvgIpc) is 2.62. The van der Waals surface area contributed by atoms with Crippen molar-refractivity contribution in [2.24, 2.45) is 0 Å². The Morgan fingerprint density at radius 2 is 1.63 bits per heavy atom. The molecule has 1 atom stereocenters. The molecule has 0 fully saturated rings. The second kappa shape index (κ2) is 9.90. The van der Waals surface area contributed by atoms with Crippen LogP contribution in [0.2, 0.25) is 5.02 Å². The van der Waals surface area contributed by atoms with E-state index in [-0.39, 0.29) is 11.3 Å². The van der Waals surface area contributed by atoms with Crippen molar-refractivity contribution in [1.82, 2.24) is 0 Å². The molecule has 0 heterocycles. The standard InChI is InChI=1S/C21H25ClO4S/c1-16-8-6-7-10-19(16)27(25,26)20(21(23)24)11-5-3-2-4-9-17-12-14-18(22)15-13-17/h6-8,10,12-15,20H,2-5,9,11H2,1H3,(H,23,24). The van der Waals surface area contributed by atoms with E-state index in [0.29, 0.717) is 17.0 Å². The van der Waals surface area contributed by atoms with Gasteiger partial charge in [0.25, 0.3) is 0 Å². The normalized spacial score (nSPS) is 12.7. The van der Waals surface area contributed by atoms with E-state index in [0.717, 1.165) is 25.7 Å². The van der Waals surface area contributed by atoms with Crippen LogP contribution in [0.4, 0.5) is 0 Å². The van der Waals surface area contributed by atoms with Crippen LogP contribution in [-0.2, 0) is 21.1 Å². The minimum atomic E-state index is -3.88. The Hall–Kier alpha value is -1.85. The molecule has 2 aromatic rings. The number of carbonyl (C=O) groups is 1. The Morgan fingerprint density at radius 3 is 2.26 bits per heavy atom. The molecule has 0 aliphatic heterocycles. The number of rotatable bonds is 10. The molecule has 0 bridgehead atoms. The van der Waals surface area contributed by atoms with Crippen LogP contribution in [-0.4, -0.2) is 24.7 Å². The monoisotopic (exact) mass is 408 g/mol. The minimum Gasteiger partial charge on any atom is -0.480 e. The van der Waals surface area contributed by atoms with E-state index in [1.165, 1.54) is 11.6 Å². The summed E-state index contributed by atoms with van der Waals surface area (Å²) in [5.41, 5.74) is 1.79. The summed E-state index contributed by atoms with van der Waals surface area (Å²) in [5.74, 6) is -1.28. The smallest absolute Gasteiger partial charge is 0.322 e. The molecule has 4 nitrogen and oxygen atoms in total. The first-order chi connectivity index (χ1) is 12.8. The van der Waals surface area contributed by atoms with Gasteiger partial charge >= 0.3 is 5.97 Å². The molecule has 0 saturated carbocycles. The van der Waals surface area contributed by atoms with Gasteiger partial charge < -0.3 is 5.11 Å². The first-order valence-electron chi connectivity index (χ1n) is 9.09. The Balaban J connectivity index is 1.85. The Labute approximate surface area is 166 Å². The third-order valence-corrected chi connectivity index (χ3v) is 7.15. The number of hydrogen-bond acceptors (Lipinski definition) is 3. The maximum absolute atomic E-state index is 12.7. The number of carboxylic acid groups (broad SMARTS) is 1. The van der Waals surface area contributed by atoms with Gasteiger partial charge in [-0.25, -0.2) is 8.42 Å². The minimum absolute atomic E-state index is 0.111. The van der Waals surface area contributed by atoms with Crippen LogP contribution >= 0.6 is 11.6 Å². The average molecular weight is 409 g/mol. The van der Waals surface area contributed by atoms with Gasteiger partial charge in [0, 0.05) is 5.02 Å². The van der Waals surface area contributed by atoms with Crippen molar-refractivity contribution in [1.29, 1.82) is 0 Å². The topological polar surface area (TPSA) is 71.4 Å². The van der Waals surface area contributed by atoms with Crippen molar-refractivity contribution in [2.75, 3.05) is 0 Å². The fraction of sp³-hybridized carbons (Fsp3) is 0.381. The molecule has 6 heteroatoms. The van der Waals surface area contributed by atoms with E-state index in [4.69, 9.17) is 11.6 Å². The zero-order valence-electron chi connectivity index (χ0n) is 15.4. The molecule has 0 aliphatic rings. The number of halogens is 1. The molecule has 146 valence electrons. The SMILES string of the molecule is Cc1ccccc1S(=O)(=O)C(CCCCCCc1ccc(Cl)cc1)C(=O)O. The lowest BCUT2D eigenvalue weighted by Gasteiger charge is -2.15. The zero-order chi connectivity index (χ0) is 19.9. The largest absolute Gasteiger partial charge is 0.480 e. The highest BCUT2D eigenvalue weighted by atomic mass is 35.5. The lowest BCUT2D eigenvalue weighted by Crippen LogP contribution is -2.30. The highest BCUT2D eigenvalue weighted by Gasteiger charge is 2.34. The molecular weight excluding hydrogens is 384 g/mol.